The van der Waals surface area contributed by atoms with E-state index in [0.29, 0.717) is 12.6 Å². The van der Waals surface area contributed by atoms with E-state index in [9.17, 15) is 48.1 Å². The van der Waals surface area contributed by atoms with E-state index in [0.717, 1.165) is 5.92 Å². The van der Waals surface area contributed by atoms with Crippen molar-refractivity contribution < 1.29 is 42.6 Å². The van der Waals surface area contributed by atoms with Crippen molar-refractivity contribution in [3.8, 4) is 0 Å². The van der Waals surface area contributed by atoms with E-state index in [1.54, 1.807) is 6.92 Å². The Kier molecular flexibility index (Phi) is 12.3. The van der Waals surface area contributed by atoms with Gasteiger partial charge in [0.1, 0.15) is 16.2 Å². The van der Waals surface area contributed by atoms with Crippen molar-refractivity contribution in [3.05, 3.63) is 78.4 Å². The van der Waals surface area contributed by atoms with Crippen LogP contribution in [0, 0.1) is 36.3 Å². The van der Waals surface area contributed by atoms with Crippen LogP contribution in [0.5, 0.6) is 0 Å². The first kappa shape index (κ1) is 32.0. The zero-order valence-electron chi connectivity index (χ0n) is 20.8. The number of quaternary nitrogens is 1. The van der Waals surface area contributed by atoms with Gasteiger partial charge in [0.25, 0.3) is 5.69 Å². The fraction of sp³-hybridized carbons (Fsp3) is 0.409. The number of hydrogen-bond acceptors (Lipinski definition) is 11. The van der Waals surface area contributed by atoms with Crippen molar-refractivity contribution in [1.82, 2.24) is 0 Å². The number of nitrogens with two attached hydrogens (primary N) is 1. The van der Waals surface area contributed by atoms with Crippen LogP contribution in [-0.4, -0.2) is 46.9 Å². The molecule has 3 rings (SSSR count). The summed E-state index contributed by atoms with van der Waals surface area (Å²) in [6, 6.07) is 11.9. The van der Waals surface area contributed by atoms with Gasteiger partial charge in [-0.3, -0.25) is 35.1 Å². The molecule has 38 heavy (non-hydrogen) atoms. The predicted octanol–water partition coefficient (Wildman–Crippen LogP) is 2.61. The van der Waals surface area contributed by atoms with Gasteiger partial charge in [-0.2, -0.15) is 0 Å². The van der Waals surface area contributed by atoms with Crippen LogP contribution >= 0.6 is 0 Å². The molecule has 2 N–H and O–H groups in total. The summed E-state index contributed by atoms with van der Waals surface area (Å²) in [6.45, 7) is 7.32. The van der Waals surface area contributed by atoms with Crippen LogP contribution in [0.25, 0.3) is 0 Å². The maximum atomic E-state index is 10.8. The van der Waals surface area contributed by atoms with E-state index in [1.807, 2.05) is 0 Å². The van der Waals surface area contributed by atoms with Crippen LogP contribution in [0.15, 0.2) is 47.4 Å². The van der Waals surface area contributed by atoms with Gasteiger partial charge in [-0.05, 0) is 19.8 Å². The van der Waals surface area contributed by atoms with Gasteiger partial charge in [-0.15, -0.1) is 0 Å². The first-order chi connectivity index (χ1) is 17.7. The van der Waals surface area contributed by atoms with E-state index in [1.165, 1.54) is 31.9 Å². The monoisotopic (exact) mass is 556 g/mol. The molecule has 0 aliphatic carbocycles. The molecule has 1 aliphatic rings. The number of benzene rings is 2. The molecular weight excluding hydrogens is 528 g/mol. The third kappa shape index (κ3) is 9.79. The zero-order valence-corrected chi connectivity index (χ0v) is 21.7. The second kappa shape index (κ2) is 14.7. The van der Waals surface area contributed by atoms with Crippen LogP contribution in [0.2, 0.25) is 0 Å². The second-order valence-electron chi connectivity index (χ2n) is 8.04. The fourth-order valence-corrected chi connectivity index (χ4v) is 4.49. The molecule has 1 fully saturated rings. The fourth-order valence-electron chi connectivity index (χ4n) is 3.71. The second-order valence-corrected chi connectivity index (χ2v) is 9.36. The molecule has 0 spiro atoms. The molecule has 2 aromatic carbocycles. The molecule has 208 valence electrons. The minimum atomic E-state index is -5.55. The number of esters is 1. The highest BCUT2D eigenvalue weighted by Gasteiger charge is 2.34. The Hall–Kier alpha value is -4.02. The van der Waals surface area contributed by atoms with Crippen LogP contribution in [-0.2, 0) is 19.6 Å². The predicted molar refractivity (Wildman–Crippen MR) is 131 cm³/mol. The number of rotatable bonds is 6. The lowest BCUT2D eigenvalue weighted by atomic mass is 9.88. The Morgan fingerprint density at radius 1 is 1.03 bits per heavy atom. The highest BCUT2D eigenvalue weighted by atomic mass is 32.2. The molecule has 0 saturated carbocycles. The molecule has 0 unspecified atom stereocenters. The summed E-state index contributed by atoms with van der Waals surface area (Å²) >= 11 is 0. The van der Waals surface area contributed by atoms with Crippen LogP contribution in [0.1, 0.15) is 45.2 Å². The summed E-state index contributed by atoms with van der Waals surface area (Å²) < 4.78 is 36.9. The third-order valence-electron chi connectivity index (χ3n) is 5.32. The van der Waals surface area contributed by atoms with Crippen LogP contribution < -0.4 is 5.32 Å². The number of piperidine rings is 1. The van der Waals surface area contributed by atoms with Gasteiger partial charge in [0.15, 0.2) is 0 Å². The Labute approximate surface area is 218 Å². The number of hydrogen-bond donors (Lipinski definition) is 1. The van der Waals surface area contributed by atoms with Gasteiger partial charge in [0, 0.05) is 18.4 Å². The van der Waals surface area contributed by atoms with Crippen molar-refractivity contribution in [2.45, 2.75) is 44.6 Å². The van der Waals surface area contributed by atoms with E-state index >= 15 is 0 Å². The van der Waals surface area contributed by atoms with E-state index in [2.05, 4.69) is 47.3 Å². The average Bonchev–Trinajstić information content (AvgIpc) is 2.84. The molecule has 15 nitrogen and oxygen atoms in total. The Morgan fingerprint density at radius 2 is 1.55 bits per heavy atom. The van der Waals surface area contributed by atoms with Gasteiger partial charge >= 0.3 is 17.3 Å². The van der Waals surface area contributed by atoms with Crippen molar-refractivity contribution in [1.29, 1.82) is 0 Å². The molecule has 2 aromatic rings. The van der Waals surface area contributed by atoms with E-state index in [-0.39, 0.29) is 18.1 Å². The lowest BCUT2D eigenvalue weighted by Gasteiger charge is -2.26. The molecule has 0 amide bonds. The number of nitro benzene ring substituents is 3. The Bertz CT molecular complexity index is 1220. The summed E-state index contributed by atoms with van der Waals surface area (Å²) in [5.41, 5.74) is -2.62. The van der Waals surface area contributed by atoms with Gasteiger partial charge in [-0.25, -0.2) is 8.42 Å². The summed E-state index contributed by atoms with van der Waals surface area (Å²) in [5.74, 6) is 0.619. The molecule has 0 aromatic heterocycles. The third-order valence-corrected chi connectivity index (χ3v) is 6.24. The van der Waals surface area contributed by atoms with Gasteiger partial charge in [0.05, 0.1) is 40.1 Å². The summed E-state index contributed by atoms with van der Waals surface area (Å²) in [5, 5.41) is 34.1. The smallest absolute Gasteiger partial charge is 0.302 e. The highest BCUT2D eigenvalue weighted by Crippen LogP contribution is 2.36. The maximum absolute atomic E-state index is 10.8. The lowest BCUT2D eigenvalue weighted by molar-refractivity contribution is -0.711. The van der Waals surface area contributed by atoms with Crippen molar-refractivity contribution >= 4 is 33.1 Å². The highest BCUT2D eigenvalue weighted by molar-refractivity contribution is 7.86. The molecule has 0 bridgehead atoms. The molecule has 1 heterocycles. The van der Waals surface area contributed by atoms with Gasteiger partial charge in [0.2, 0.25) is 4.90 Å². The Balaban J connectivity index is 0.000000326. The normalized spacial score (nSPS) is 16.5. The Morgan fingerprint density at radius 3 is 1.89 bits per heavy atom. The summed E-state index contributed by atoms with van der Waals surface area (Å²) in [6.07, 6.45) is 2.76. The van der Waals surface area contributed by atoms with Gasteiger partial charge in [-0.1, -0.05) is 37.3 Å². The molecule has 1 aliphatic heterocycles. The largest absolute Gasteiger partial charge is 0.744 e. The number of nitro groups is 3. The zero-order chi connectivity index (χ0) is 29.0. The van der Waals surface area contributed by atoms with Crippen LogP contribution in [0.3, 0.4) is 0 Å². The van der Waals surface area contributed by atoms with E-state index in [4.69, 9.17) is 0 Å². The average molecular weight is 557 g/mol. The van der Waals surface area contributed by atoms with Gasteiger partial charge < -0.3 is 14.6 Å². The minimum Gasteiger partial charge on any atom is -0.744 e. The summed E-state index contributed by atoms with van der Waals surface area (Å²) in [4.78, 5) is 35.7. The standard InChI is InChI=1S/C12H17N.C6H3N3O9S.C4H8O2/c1-10-6-5-9-13-12(10)11-7-3-2-4-8-11;10-7(11)3-1-4(8(12)13)6(19(16,17)18)5(2-3)9(14)15;1-3-6-4(2)5/h2-4,7-8,10,12-13H,5-6,9H2,1H3;1-2H,(H,16,17,18);3H2,1-2H3/t10-,12-;;/m0../s1. The molecule has 16 heteroatoms. The number of carbonyl (C=O) groups excluding carboxylic acids is 1. The van der Waals surface area contributed by atoms with Crippen molar-refractivity contribution in [3.63, 3.8) is 0 Å². The number of non-ortho nitro benzene ring substituents is 1. The number of carbonyl (C=O) groups is 1. The van der Waals surface area contributed by atoms with Crippen molar-refractivity contribution in [2.75, 3.05) is 13.2 Å². The number of nitrogens with zero attached hydrogens (tertiary/aromatic N) is 3. The number of ether oxygens (including phenoxy) is 1. The molecule has 2 atom stereocenters. The first-order valence-corrected chi connectivity index (χ1v) is 12.7. The van der Waals surface area contributed by atoms with E-state index < -0.39 is 46.8 Å². The minimum absolute atomic E-state index is 0.164. The van der Waals surface area contributed by atoms with Crippen LogP contribution in [0.4, 0.5) is 17.1 Å². The molecule has 1 saturated heterocycles. The van der Waals surface area contributed by atoms with Crippen molar-refractivity contribution in [2.24, 2.45) is 5.92 Å². The lowest BCUT2D eigenvalue weighted by Crippen LogP contribution is -2.88. The maximum Gasteiger partial charge on any atom is 0.302 e. The first-order valence-electron chi connectivity index (χ1n) is 11.3. The quantitative estimate of drug-likeness (QED) is 0.235. The molecular formula is C22H28N4O11S. The summed E-state index contributed by atoms with van der Waals surface area (Å²) in [7, 11) is -5.55. The SMILES string of the molecule is CCOC(C)=O.C[C@H]1CCC[NH2+][C@@H]1c1ccccc1.O=[N+]([O-])c1cc([N+](=O)[O-])c(S(=O)(=O)[O-])c([N+](=O)[O-])c1. The molecule has 0 radical (unpaired) electrons. The topological polar surface area (TPSA) is 230 Å².